The number of rotatable bonds is 12. The van der Waals surface area contributed by atoms with Gasteiger partial charge < -0.3 is 15.4 Å². The lowest BCUT2D eigenvalue weighted by atomic mass is 10.1. The fourth-order valence-corrected chi connectivity index (χ4v) is 4.89. The first-order chi connectivity index (χ1) is 21.1. The zero-order valence-electron chi connectivity index (χ0n) is 23.2. The molecule has 0 bridgehead atoms. The number of nitrogens with one attached hydrogen (secondary N) is 3. The number of carbonyl (C=O) groups excluding carboxylic acids is 4. The molecule has 0 aliphatic heterocycles. The van der Waals surface area contributed by atoms with E-state index in [9.17, 15) is 27.6 Å². The highest BCUT2D eigenvalue weighted by Gasteiger charge is 2.20. The third kappa shape index (κ3) is 9.21. The Balaban J connectivity index is 1.24. The Labute approximate surface area is 258 Å². The van der Waals surface area contributed by atoms with Crippen LogP contribution in [0.2, 0.25) is 5.02 Å². The summed E-state index contributed by atoms with van der Waals surface area (Å²) in [6, 6.07) is 23.8. The van der Waals surface area contributed by atoms with Gasteiger partial charge in [0.25, 0.3) is 27.7 Å². The van der Waals surface area contributed by atoms with Crippen molar-refractivity contribution in [1.82, 2.24) is 20.3 Å². The van der Waals surface area contributed by atoms with Gasteiger partial charge in [-0.25, -0.2) is 13.1 Å². The lowest BCUT2D eigenvalue weighted by molar-refractivity contribution is -0.143. The van der Waals surface area contributed by atoms with E-state index < -0.39 is 34.4 Å². The average Bonchev–Trinajstić information content (AvgIpc) is 3.04. The van der Waals surface area contributed by atoms with E-state index >= 15 is 0 Å². The van der Waals surface area contributed by atoms with Crippen molar-refractivity contribution in [2.45, 2.75) is 17.9 Å². The maximum absolute atomic E-state index is 12.7. The van der Waals surface area contributed by atoms with Crippen LogP contribution in [0.3, 0.4) is 0 Å². The van der Waals surface area contributed by atoms with Crippen LogP contribution in [0.4, 0.5) is 0 Å². The van der Waals surface area contributed by atoms with Crippen LogP contribution in [-0.2, 0) is 32.6 Å². The van der Waals surface area contributed by atoms with E-state index in [-0.39, 0.29) is 34.2 Å². The number of nitrogens with zero attached hydrogens (tertiary/aromatic N) is 1. The molecule has 1 heterocycles. The van der Waals surface area contributed by atoms with Crippen molar-refractivity contribution in [1.29, 1.82) is 0 Å². The van der Waals surface area contributed by atoms with Crippen molar-refractivity contribution in [2.75, 3.05) is 13.1 Å². The van der Waals surface area contributed by atoms with E-state index in [0.717, 1.165) is 17.3 Å². The number of hydrogen-bond donors (Lipinski definition) is 3. The van der Waals surface area contributed by atoms with Crippen molar-refractivity contribution in [3.8, 4) is 0 Å². The van der Waals surface area contributed by atoms with Gasteiger partial charge in [0, 0.05) is 23.3 Å². The number of carbonyl (C=O) groups is 4. The molecular weight excluding hydrogens is 608 g/mol. The number of pyridine rings is 1. The lowest BCUT2D eigenvalue weighted by Crippen LogP contribution is -2.32. The van der Waals surface area contributed by atoms with Crippen LogP contribution in [-0.4, -0.2) is 50.2 Å². The SMILES string of the molecule is O=C(CNC(=O)c1ccc(C(=O)NS(=O)(=O)c2ccc(C(=O)NCCc3ccc(Cl)cc3)cc2)cn1)OCc1ccccc1. The van der Waals surface area contributed by atoms with Gasteiger partial charge in [0.05, 0.1) is 10.5 Å². The molecule has 4 aromatic rings. The van der Waals surface area contributed by atoms with Gasteiger partial charge in [0.15, 0.2) is 0 Å². The highest BCUT2D eigenvalue weighted by Crippen LogP contribution is 2.13. The molecule has 4 rings (SSSR count). The largest absolute Gasteiger partial charge is 0.460 e. The van der Waals surface area contributed by atoms with Crippen molar-refractivity contribution < 1.29 is 32.3 Å². The molecule has 1 aromatic heterocycles. The van der Waals surface area contributed by atoms with Crippen LogP contribution in [0, 0.1) is 0 Å². The molecule has 3 aromatic carbocycles. The van der Waals surface area contributed by atoms with E-state index in [1.807, 2.05) is 35.1 Å². The summed E-state index contributed by atoms with van der Waals surface area (Å²) in [6.07, 6.45) is 1.62. The molecule has 11 nitrogen and oxygen atoms in total. The Hall–Kier alpha value is -5.07. The Morgan fingerprint density at radius 3 is 2.07 bits per heavy atom. The minimum absolute atomic E-state index is 0.0613. The molecular formula is C31H27ClN4O7S. The number of benzene rings is 3. The van der Waals surface area contributed by atoms with Crippen molar-refractivity contribution in [3.63, 3.8) is 0 Å². The topological polar surface area (TPSA) is 161 Å². The standard InChI is InChI=1S/C31H27ClN4O7S/c32-25-11-6-21(7-12-25)16-17-33-29(38)23-8-13-26(14-9-23)44(41,42)36-30(39)24-10-15-27(34-18-24)31(40)35-19-28(37)43-20-22-4-2-1-3-5-22/h1-15,18H,16-17,19-20H2,(H,33,38)(H,35,40)(H,36,39). The summed E-state index contributed by atoms with van der Waals surface area (Å²) < 4.78 is 32.5. The van der Waals surface area contributed by atoms with Crippen LogP contribution >= 0.6 is 11.6 Å². The maximum atomic E-state index is 12.7. The minimum Gasteiger partial charge on any atom is -0.460 e. The first-order valence-corrected chi connectivity index (χ1v) is 15.1. The maximum Gasteiger partial charge on any atom is 0.325 e. The first-order valence-electron chi connectivity index (χ1n) is 13.2. The van der Waals surface area contributed by atoms with E-state index in [4.69, 9.17) is 16.3 Å². The van der Waals surface area contributed by atoms with E-state index in [1.165, 1.54) is 36.4 Å². The molecule has 3 N–H and O–H groups in total. The summed E-state index contributed by atoms with van der Waals surface area (Å²) in [5, 5.41) is 5.75. The molecule has 13 heteroatoms. The average molecular weight is 635 g/mol. The number of aromatic nitrogens is 1. The third-order valence-corrected chi connectivity index (χ3v) is 7.76. The number of ether oxygens (including phenoxy) is 1. The third-order valence-electron chi connectivity index (χ3n) is 6.16. The van der Waals surface area contributed by atoms with Gasteiger partial charge >= 0.3 is 5.97 Å². The summed E-state index contributed by atoms with van der Waals surface area (Å²) in [5.74, 6) is -2.69. The van der Waals surface area contributed by atoms with Crippen molar-refractivity contribution in [2.24, 2.45) is 0 Å². The number of halogens is 1. The molecule has 0 radical (unpaired) electrons. The second-order valence-corrected chi connectivity index (χ2v) is 11.5. The van der Waals surface area contributed by atoms with E-state index in [1.54, 1.807) is 24.3 Å². The predicted molar refractivity (Wildman–Crippen MR) is 161 cm³/mol. The zero-order valence-corrected chi connectivity index (χ0v) is 24.7. The minimum atomic E-state index is -4.28. The lowest BCUT2D eigenvalue weighted by Gasteiger charge is -2.09. The highest BCUT2D eigenvalue weighted by molar-refractivity contribution is 7.90. The summed E-state index contributed by atoms with van der Waals surface area (Å²) in [6.45, 7) is 0.0376. The van der Waals surface area contributed by atoms with Crippen LogP contribution in [0.5, 0.6) is 0 Å². The molecule has 3 amide bonds. The molecule has 0 atom stereocenters. The molecule has 0 aliphatic rings. The number of hydrogen-bond acceptors (Lipinski definition) is 8. The molecule has 0 saturated heterocycles. The molecule has 0 spiro atoms. The number of sulfonamides is 1. The van der Waals surface area contributed by atoms with E-state index in [2.05, 4.69) is 15.6 Å². The second-order valence-electron chi connectivity index (χ2n) is 9.35. The zero-order chi connectivity index (χ0) is 31.5. The molecule has 0 unspecified atom stereocenters. The Bertz CT molecular complexity index is 1730. The molecule has 0 aliphatic carbocycles. The molecule has 0 fully saturated rings. The summed E-state index contributed by atoms with van der Waals surface area (Å²) in [4.78, 5) is 52.9. The number of esters is 1. The van der Waals surface area contributed by atoms with E-state index in [0.29, 0.717) is 18.0 Å². The fourth-order valence-electron chi connectivity index (χ4n) is 3.79. The predicted octanol–water partition coefficient (Wildman–Crippen LogP) is 3.30. The first kappa shape index (κ1) is 31.9. The highest BCUT2D eigenvalue weighted by atomic mass is 35.5. The van der Waals surface area contributed by atoms with Crippen LogP contribution in [0.25, 0.3) is 0 Å². The Morgan fingerprint density at radius 2 is 1.41 bits per heavy atom. The van der Waals surface area contributed by atoms with Crippen molar-refractivity contribution >= 4 is 45.3 Å². The van der Waals surface area contributed by atoms with Gasteiger partial charge in [0.1, 0.15) is 18.8 Å². The van der Waals surface area contributed by atoms with Crippen LogP contribution in [0.1, 0.15) is 42.3 Å². The smallest absolute Gasteiger partial charge is 0.325 e. The Morgan fingerprint density at radius 1 is 0.727 bits per heavy atom. The second kappa shape index (κ2) is 14.9. The van der Waals surface area contributed by atoms with Crippen LogP contribution in [0.15, 0.2) is 102 Å². The fraction of sp³-hybridized carbons (Fsp3) is 0.129. The van der Waals surface area contributed by atoms with Gasteiger partial charge in [0.2, 0.25) is 0 Å². The van der Waals surface area contributed by atoms with Crippen LogP contribution < -0.4 is 15.4 Å². The van der Waals surface area contributed by atoms with Gasteiger partial charge in [-0.15, -0.1) is 0 Å². The number of amides is 3. The molecule has 226 valence electrons. The van der Waals surface area contributed by atoms with Gasteiger partial charge in [-0.05, 0) is 66.1 Å². The summed E-state index contributed by atoms with van der Waals surface area (Å²) >= 11 is 5.87. The molecule has 0 saturated carbocycles. The monoisotopic (exact) mass is 634 g/mol. The quantitative estimate of drug-likeness (QED) is 0.200. The summed E-state index contributed by atoms with van der Waals surface area (Å²) in [7, 11) is -4.28. The molecule has 44 heavy (non-hydrogen) atoms. The van der Waals surface area contributed by atoms with Gasteiger partial charge in [-0.2, -0.15) is 0 Å². The van der Waals surface area contributed by atoms with Gasteiger partial charge in [-0.3, -0.25) is 24.2 Å². The summed E-state index contributed by atoms with van der Waals surface area (Å²) in [5.41, 5.74) is 1.82. The Kier molecular flexibility index (Phi) is 10.8. The normalized spacial score (nSPS) is 10.8. The van der Waals surface area contributed by atoms with Crippen molar-refractivity contribution in [3.05, 3.63) is 130 Å². The van der Waals surface area contributed by atoms with Gasteiger partial charge in [-0.1, -0.05) is 54.1 Å².